The van der Waals surface area contributed by atoms with Gasteiger partial charge in [0, 0.05) is 43.7 Å². The lowest BCUT2D eigenvalue weighted by Crippen LogP contribution is -2.42. The third kappa shape index (κ3) is 6.96. The van der Waals surface area contributed by atoms with Crippen LogP contribution < -0.4 is 16.8 Å². The number of nitrogens with two attached hydrogens (primary N) is 2. The second-order valence-corrected chi connectivity index (χ2v) is 9.21. The summed E-state index contributed by atoms with van der Waals surface area (Å²) in [5.74, 6) is -1.03. The first-order valence-corrected chi connectivity index (χ1v) is 12.9. The van der Waals surface area contributed by atoms with Gasteiger partial charge < -0.3 is 26.3 Å². The highest BCUT2D eigenvalue weighted by molar-refractivity contribution is 5.97. The molecule has 4 rings (SSSR count). The van der Waals surface area contributed by atoms with Crippen LogP contribution >= 0.6 is 0 Å². The Labute approximate surface area is 226 Å². The number of carbonyl (C=O) groups is 3. The maximum atomic E-state index is 12.8. The lowest BCUT2D eigenvalue weighted by atomic mass is 10.0. The topological polar surface area (TPSA) is 176 Å². The molecule has 12 nitrogen and oxygen atoms in total. The van der Waals surface area contributed by atoms with Crippen LogP contribution in [0.5, 0.6) is 0 Å². The van der Waals surface area contributed by atoms with Crippen LogP contribution in [0, 0.1) is 0 Å². The number of nitrogens with zero attached hydrogens (tertiary/aromatic N) is 4. The van der Waals surface area contributed by atoms with Crippen molar-refractivity contribution in [3.05, 3.63) is 52.7 Å². The van der Waals surface area contributed by atoms with Gasteiger partial charge in [-0.05, 0) is 49.6 Å². The number of nitrogens with one attached hydrogen (secondary N) is 1. The number of amides is 1. The number of esters is 2. The maximum Gasteiger partial charge on any atom is 0.328 e. The van der Waals surface area contributed by atoms with E-state index in [1.165, 1.54) is 0 Å². The van der Waals surface area contributed by atoms with Crippen LogP contribution in [0.25, 0.3) is 11.0 Å². The second-order valence-electron chi connectivity index (χ2n) is 9.21. The molecule has 0 aliphatic carbocycles. The molecule has 0 saturated carbocycles. The van der Waals surface area contributed by atoms with Gasteiger partial charge in [-0.1, -0.05) is 12.1 Å². The second kappa shape index (κ2) is 12.5. The van der Waals surface area contributed by atoms with Crippen molar-refractivity contribution in [2.45, 2.75) is 52.2 Å². The van der Waals surface area contributed by atoms with Crippen molar-refractivity contribution < 1.29 is 23.9 Å². The van der Waals surface area contributed by atoms with Crippen molar-refractivity contribution in [3.8, 4) is 0 Å². The monoisotopic (exact) mass is 535 g/mol. The lowest BCUT2D eigenvalue weighted by molar-refractivity contribution is -0.146. The summed E-state index contributed by atoms with van der Waals surface area (Å²) in [5.41, 5.74) is 15.7. The molecule has 1 aromatic carbocycles. The van der Waals surface area contributed by atoms with Gasteiger partial charge in [0.2, 0.25) is 5.95 Å². The molecule has 39 heavy (non-hydrogen) atoms. The van der Waals surface area contributed by atoms with Crippen LogP contribution in [0.3, 0.4) is 0 Å². The van der Waals surface area contributed by atoms with Crippen LogP contribution in [0.4, 0.5) is 11.8 Å². The molecule has 0 bridgehead atoms. The van der Waals surface area contributed by atoms with Crippen molar-refractivity contribution in [3.63, 3.8) is 0 Å². The fraction of sp³-hybridized carbons (Fsp3) is 0.407. The maximum absolute atomic E-state index is 12.8. The number of hydrogen-bond donors (Lipinski definition) is 3. The number of aromatic nitrogens is 3. The highest BCUT2D eigenvalue weighted by atomic mass is 16.5. The summed E-state index contributed by atoms with van der Waals surface area (Å²) in [6.45, 7) is 5.98. The molecule has 2 aromatic heterocycles. The summed E-state index contributed by atoms with van der Waals surface area (Å²) in [6.07, 6.45) is 0.846. The van der Waals surface area contributed by atoms with Crippen molar-refractivity contribution in [2.75, 3.05) is 31.2 Å². The van der Waals surface area contributed by atoms with Gasteiger partial charge >= 0.3 is 11.9 Å². The summed E-state index contributed by atoms with van der Waals surface area (Å²) in [4.78, 5) is 52.1. The third-order valence-electron chi connectivity index (χ3n) is 6.40. The summed E-state index contributed by atoms with van der Waals surface area (Å²) < 4.78 is 9.98. The molecular weight excluding hydrogens is 502 g/mol. The smallest absolute Gasteiger partial charge is 0.328 e. The summed E-state index contributed by atoms with van der Waals surface area (Å²) in [6, 6.07) is 8.23. The van der Waals surface area contributed by atoms with Gasteiger partial charge in [-0.2, -0.15) is 9.97 Å². The zero-order valence-electron chi connectivity index (χ0n) is 22.1. The zero-order valence-corrected chi connectivity index (χ0v) is 22.1. The minimum Gasteiger partial charge on any atom is -0.466 e. The number of carbonyl (C=O) groups excluding carboxylic acids is 3. The Morgan fingerprint density at radius 3 is 2.51 bits per heavy atom. The molecule has 1 aliphatic rings. The Hall–Kier alpha value is -4.32. The Bertz CT molecular complexity index is 1360. The fourth-order valence-electron chi connectivity index (χ4n) is 4.49. The molecule has 0 spiro atoms. The van der Waals surface area contributed by atoms with E-state index in [1.54, 1.807) is 26.0 Å². The predicted octanol–water partition coefficient (Wildman–Crippen LogP) is 1.75. The number of anilines is 2. The molecule has 3 heterocycles. The normalized spacial score (nSPS) is 13.9. The lowest BCUT2D eigenvalue weighted by Gasteiger charge is -2.28. The van der Waals surface area contributed by atoms with Crippen molar-refractivity contribution in [1.29, 1.82) is 0 Å². The Kier molecular flexibility index (Phi) is 8.87. The van der Waals surface area contributed by atoms with Gasteiger partial charge in [-0.3, -0.25) is 14.5 Å². The largest absolute Gasteiger partial charge is 0.466 e. The van der Waals surface area contributed by atoms with Gasteiger partial charge in [0.1, 0.15) is 11.9 Å². The first kappa shape index (κ1) is 27.7. The van der Waals surface area contributed by atoms with Crippen LogP contribution in [0.1, 0.15) is 53.9 Å². The van der Waals surface area contributed by atoms with Gasteiger partial charge in [0.25, 0.3) is 5.91 Å². The molecule has 206 valence electrons. The van der Waals surface area contributed by atoms with E-state index in [0.29, 0.717) is 35.5 Å². The summed E-state index contributed by atoms with van der Waals surface area (Å²) >= 11 is 0. The number of benzene rings is 1. The molecule has 0 unspecified atom stereocenters. The van der Waals surface area contributed by atoms with Crippen molar-refractivity contribution in [2.24, 2.45) is 0 Å². The Balaban J connectivity index is 1.38. The minimum absolute atomic E-state index is 0.00547. The fourth-order valence-corrected chi connectivity index (χ4v) is 4.49. The number of rotatable bonds is 10. The number of hydrogen-bond acceptors (Lipinski definition) is 11. The zero-order chi connectivity index (χ0) is 27.9. The molecule has 1 amide bonds. The van der Waals surface area contributed by atoms with Gasteiger partial charge in [0.15, 0.2) is 5.65 Å². The average Bonchev–Trinajstić information content (AvgIpc) is 2.90. The van der Waals surface area contributed by atoms with Crippen molar-refractivity contribution in [1.82, 2.24) is 25.2 Å². The van der Waals surface area contributed by atoms with E-state index in [4.69, 9.17) is 20.9 Å². The van der Waals surface area contributed by atoms with Crippen LogP contribution in [0.15, 0.2) is 30.3 Å². The van der Waals surface area contributed by atoms with E-state index >= 15 is 0 Å². The molecule has 0 saturated heterocycles. The van der Waals surface area contributed by atoms with Crippen LogP contribution in [-0.4, -0.2) is 63.5 Å². The van der Waals surface area contributed by atoms with E-state index in [1.807, 2.05) is 18.2 Å². The molecule has 0 fully saturated rings. The Morgan fingerprint density at radius 2 is 1.79 bits per heavy atom. The van der Waals surface area contributed by atoms with Crippen LogP contribution in [-0.2, 0) is 38.6 Å². The third-order valence-corrected chi connectivity index (χ3v) is 6.40. The van der Waals surface area contributed by atoms with E-state index in [0.717, 1.165) is 29.8 Å². The molecule has 12 heteroatoms. The van der Waals surface area contributed by atoms with Crippen molar-refractivity contribution >= 4 is 40.6 Å². The quantitative estimate of drug-likeness (QED) is 0.322. The molecule has 5 N–H and O–H groups in total. The van der Waals surface area contributed by atoms with Gasteiger partial charge in [-0.15, -0.1) is 0 Å². The molecular formula is C27H33N7O5. The van der Waals surface area contributed by atoms with Gasteiger partial charge in [-0.25, -0.2) is 9.78 Å². The SMILES string of the molecule is CCOC(=O)CC[C@H](NC(=O)c1ccc(CN2CCc3nc4nc(N)nc(N)c4cc3C2)cc1)C(=O)OCC. The highest BCUT2D eigenvalue weighted by Gasteiger charge is 2.24. The number of pyridine rings is 1. The Morgan fingerprint density at radius 1 is 1.05 bits per heavy atom. The first-order chi connectivity index (χ1) is 18.8. The summed E-state index contributed by atoms with van der Waals surface area (Å²) in [5, 5.41) is 3.37. The van der Waals surface area contributed by atoms with E-state index in [9.17, 15) is 14.4 Å². The standard InChI is InChI=1S/C27H33N7O5/c1-3-38-22(35)10-9-21(26(37)39-4-2)31-25(36)17-7-5-16(6-8-17)14-34-12-11-20-18(15-34)13-19-23(28)32-27(29)33-24(19)30-20/h5-8,13,21H,3-4,9-12,14-15H2,1-2H3,(H,31,36)(H4,28,29,30,32,33)/t21-/m0/s1. The minimum atomic E-state index is -0.949. The number of fused-ring (bicyclic) bond motifs is 2. The first-order valence-electron chi connectivity index (χ1n) is 12.9. The van der Waals surface area contributed by atoms with E-state index < -0.39 is 23.9 Å². The number of nitrogen functional groups attached to an aromatic ring is 2. The average molecular weight is 536 g/mol. The molecule has 1 atom stereocenters. The highest BCUT2D eigenvalue weighted by Crippen LogP contribution is 2.25. The molecule has 3 aromatic rings. The van der Waals surface area contributed by atoms with E-state index in [2.05, 4.69) is 25.2 Å². The molecule has 1 aliphatic heterocycles. The predicted molar refractivity (Wildman–Crippen MR) is 144 cm³/mol. The van der Waals surface area contributed by atoms with Crippen LogP contribution in [0.2, 0.25) is 0 Å². The van der Waals surface area contributed by atoms with E-state index in [-0.39, 0.29) is 32.0 Å². The number of ether oxygens (including phenoxy) is 2. The molecule has 0 radical (unpaired) electrons. The van der Waals surface area contributed by atoms with Gasteiger partial charge in [0.05, 0.1) is 18.6 Å². The summed E-state index contributed by atoms with van der Waals surface area (Å²) in [7, 11) is 0.